The van der Waals surface area contributed by atoms with Crippen molar-refractivity contribution < 1.29 is 4.74 Å². The molecule has 1 aromatic carbocycles. The molecule has 0 amide bonds. The van der Waals surface area contributed by atoms with Crippen LogP contribution in [0.5, 0.6) is 5.75 Å². The molecule has 0 unspecified atom stereocenters. The second kappa shape index (κ2) is 9.04. The summed E-state index contributed by atoms with van der Waals surface area (Å²) < 4.78 is 5.92. The largest absolute Gasteiger partial charge is 0.492 e. The molecule has 2 rings (SSSR count). The van der Waals surface area contributed by atoms with Gasteiger partial charge in [0.1, 0.15) is 5.75 Å². The van der Waals surface area contributed by atoms with Gasteiger partial charge in [0, 0.05) is 19.6 Å². The molecule has 22 heavy (non-hydrogen) atoms. The lowest BCUT2D eigenvalue weighted by Crippen LogP contribution is -2.33. The summed E-state index contributed by atoms with van der Waals surface area (Å²) in [5, 5.41) is 3.51. The molecular weight excluding hydrogens is 272 g/mol. The van der Waals surface area contributed by atoms with E-state index in [0.29, 0.717) is 0 Å². The lowest BCUT2D eigenvalue weighted by atomic mass is 9.98. The highest BCUT2D eigenvalue weighted by atomic mass is 16.5. The van der Waals surface area contributed by atoms with Crippen LogP contribution in [-0.4, -0.2) is 26.2 Å². The van der Waals surface area contributed by atoms with Crippen molar-refractivity contribution in [3.63, 3.8) is 0 Å². The molecule has 124 valence electrons. The van der Waals surface area contributed by atoms with Crippen molar-refractivity contribution in [2.45, 2.75) is 53.0 Å². The van der Waals surface area contributed by atoms with Gasteiger partial charge in [-0.25, -0.2) is 0 Å². The van der Waals surface area contributed by atoms with Crippen LogP contribution in [0.25, 0.3) is 0 Å². The molecule has 1 N–H and O–H groups in total. The smallest absolute Gasteiger partial charge is 0.142 e. The first-order chi connectivity index (χ1) is 10.7. The van der Waals surface area contributed by atoms with Crippen molar-refractivity contribution >= 4 is 5.69 Å². The Kier molecular flexibility index (Phi) is 7.04. The van der Waals surface area contributed by atoms with Crippen molar-refractivity contribution in [2.75, 3.05) is 31.1 Å². The Morgan fingerprint density at radius 1 is 1.23 bits per heavy atom. The lowest BCUT2D eigenvalue weighted by Gasteiger charge is -2.33. The van der Waals surface area contributed by atoms with Gasteiger partial charge in [-0.15, -0.1) is 0 Å². The van der Waals surface area contributed by atoms with Crippen molar-refractivity contribution in [2.24, 2.45) is 5.92 Å². The lowest BCUT2D eigenvalue weighted by molar-refractivity contribution is 0.337. The number of piperidine rings is 1. The zero-order valence-corrected chi connectivity index (χ0v) is 14.5. The third-order valence-corrected chi connectivity index (χ3v) is 4.48. The third-order valence-electron chi connectivity index (χ3n) is 4.48. The van der Waals surface area contributed by atoms with Gasteiger partial charge >= 0.3 is 0 Å². The van der Waals surface area contributed by atoms with Crippen molar-refractivity contribution in [3.8, 4) is 5.75 Å². The molecule has 1 aromatic rings. The minimum atomic E-state index is 0.726. The summed E-state index contributed by atoms with van der Waals surface area (Å²) in [4.78, 5) is 2.49. The predicted molar refractivity (Wildman–Crippen MR) is 94.8 cm³/mol. The van der Waals surface area contributed by atoms with Gasteiger partial charge < -0.3 is 15.0 Å². The summed E-state index contributed by atoms with van der Waals surface area (Å²) in [6.45, 7) is 11.7. The van der Waals surface area contributed by atoms with Crippen LogP contribution >= 0.6 is 0 Å². The topological polar surface area (TPSA) is 24.5 Å². The quantitative estimate of drug-likeness (QED) is 0.728. The first-order valence-electron chi connectivity index (χ1n) is 8.96. The van der Waals surface area contributed by atoms with Gasteiger partial charge in [0.05, 0.1) is 12.3 Å². The van der Waals surface area contributed by atoms with E-state index in [-0.39, 0.29) is 0 Å². The van der Waals surface area contributed by atoms with Gasteiger partial charge in [-0.3, -0.25) is 0 Å². The number of nitrogens with zero attached hydrogens (tertiary/aromatic N) is 1. The molecule has 3 nitrogen and oxygen atoms in total. The fourth-order valence-corrected chi connectivity index (χ4v) is 2.98. The van der Waals surface area contributed by atoms with Crippen LogP contribution < -0.4 is 15.0 Å². The van der Waals surface area contributed by atoms with Crippen molar-refractivity contribution in [1.29, 1.82) is 0 Å². The summed E-state index contributed by atoms with van der Waals surface area (Å²) in [5.74, 6) is 1.90. The molecular formula is C19H32N2O. The van der Waals surface area contributed by atoms with E-state index in [1.54, 1.807) is 0 Å². The molecule has 0 radical (unpaired) electrons. The Labute approximate surface area is 136 Å². The van der Waals surface area contributed by atoms with Crippen LogP contribution in [0.4, 0.5) is 5.69 Å². The molecule has 1 aliphatic heterocycles. The van der Waals surface area contributed by atoms with Crippen LogP contribution in [0.15, 0.2) is 18.2 Å². The van der Waals surface area contributed by atoms with Crippen LogP contribution in [0, 0.1) is 5.92 Å². The summed E-state index contributed by atoms with van der Waals surface area (Å²) in [6, 6.07) is 6.71. The Bertz CT molecular complexity index is 439. The summed E-state index contributed by atoms with van der Waals surface area (Å²) in [7, 11) is 0. The number of benzene rings is 1. The normalized spacial score (nSPS) is 16.0. The van der Waals surface area contributed by atoms with E-state index in [4.69, 9.17) is 4.74 Å². The Morgan fingerprint density at radius 3 is 2.68 bits per heavy atom. The van der Waals surface area contributed by atoms with E-state index in [1.165, 1.54) is 36.9 Å². The molecule has 3 heteroatoms. The number of ether oxygens (including phenoxy) is 1. The van der Waals surface area contributed by atoms with E-state index in [1.807, 2.05) is 0 Å². The minimum Gasteiger partial charge on any atom is -0.492 e. The van der Waals surface area contributed by atoms with Gasteiger partial charge in [-0.05, 0) is 56.3 Å². The van der Waals surface area contributed by atoms with Crippen LogP contribution in [0.1, 0.15) is 52.0 Å². The Balaban J connectivity index is 2.03. The molecule has 1 fully saturated rings. The van der Waals surface area contributed by atoms with Gasteiger partial charge in [0.25, 0.3) is 0 Å². The predicted octanol–water partition coefficient (Wildman–Crippen LogP) is 4.21. The minimum absolute atomic E-state index is 0.726. The standard InChI is InChI=1S/C19H32N2O/c1-4-6-11-20-15-17-7-8-18(19(14-17)22-5-2)21-12-9-16(3)10-13-21/h7-8,14,16,20H,4-6,9-13,15H2,1-3H3. The Morgan fingerprint density at radius 2 is 2.00 bits per heavy atom. The Hall–Kier alpha value is -1.22. The van der Waals surface area contributed by atoms with Gasteiger partial charge in [0.2, 0.25) is 0 Å². The van der Waals surface area contributed by atoms with E-state index in [0.717, 1.165) is 44.5 Å². The van der Waals surface area contributed by atoms with Gasteiger partial charge in [-0.1, -0.05) is 26.3 Å². The maximum Gasteiger partial charge on any atom is 0.142 e. The average molecular weight is 304 g/mol. The van der Waals surface area contributed by atoms with E-state index in [2.05, 4.69) is 49.2 Å². The number of anilines is 1. The number of hydrogen-bond acceptors (Lipinski definition) is 3. The van der Waals surface area contributed by atoms with Crippen LogP contribution in [-0.2, 0) is 6.54 Å². The molecule has 1 saturated heterocycles. The molecule has 0 bridgehead atoms. The molecule has 0 atom stereocenters. The van der Waals surface area contributed by atoms with Gasteiger partial charge in [0.15, 0.2) is 0 Å². The van der Waals surface area contributed by atoms with E-state index >= 15 is 0 Å². The molecule has 0 spiro atoms. The highest BCUT2D eigenvalue weighted by Gasteiger charge is 2.19. The zero-order valence-electron chi connectivity index (χ0n) is 14.5. The molecule has 0 aliphatic carbocycles. The highest BCUT2D eigenvalue weighted by Crippen LogP contribution is 2.32. The molecule has 1 heterocycles. The monoisotopic (exact) mass is 304 g/mol. The zero-order chi connectivity index (χ0) is 15.8. The van der Waals surface area contributed by atoms with Gasteiger partial charge in [-0.2, -0.15) is 0 Å². The second-order valence-electron chi connectivity index (χ2n) is 6.43. The third kappa shape index (κ3) is 4.91. The summed E-state index contributed by atoms with van der Waals surface area (Å²) in [6.07, 6.45) is 5.05. The summed E-state index contributed by atoms with van der Waals surface area (Å²) >= 11 is 0. The SMILES string of the molecule is CCCCNCc1ccc(N2CCC(C)CC2)c(OCC)c1. The number of unbranched alkanes of at least 4 members (excludes halogenated alkanes) is 1. The fourth-order valence-electron chi connectivity index (χ4n) is 2.98. The van der Waals surface area contributed by atoms with E-state index < -0.39 is 0 Å². The number of nitrogens with one attached hydrogen (secondary N) is 1. The highest BCUT2D eigenvalue weighted by molar-refractivity contribution is 5.60. The maximum atomic E-state index is 5.92. The summed E-state index contributed by atoms with van der Waals surface area (Å²) in [5.41, 5.74) is 2.58. The number of rotatable bonds is 8. The van der Waals surface area contributed by atoms with Crippen molar-refractivity contribution in [1.82, 2.24) is 5.32 Å². The first kappa shape index (κ1) is 17.1. The number of hydrogen-bond donors (Lipinski definition) is 1. The van der Waals surface area contributed by atoms with Crippen molar-refractivity contribution in [3.05, 3.63) is 23.8 Å². The van der Waals surface area contributed by atoms with Crippen LogP contribution in [0.2, 0.25) is 0 Å². The molecule has 0 aromatic heterocycles. The van der Waals surface area contributed by atoms with Crippen LogP contribution in [0.3, 0.4) is 0 Å². The first-order valence-corrected chi connectivity index (χ1v) is 8.96. The van der Waals surface area contributed by atoms with E-state index in [9.17, 15) is 0 Å². The molecule has 0 saturated carbocycles. The molecule has 1 aliphatic rings. The average Bonchev–Trinajstić information content (AvgIpc) is 2.53. The second-order valence-corrected chi connectivity index (χ2v) is 6.43. The maximum absolute atomic E-state index is 5.92. The fraction of sp³-hybridized carbons (Fsp3) is 0.684.